The summed E-state index contributed by atoms with van der Waals surface area (Å²) >= 11 is 0. The Kier molecular flexibility index (Phi) is 8.19. The number of nitrogens with zero attached hydrogens (tertiary/aromatic N) is 2. The second kappa shape index (κ2) is 10.6. The summed E-state index contributed by atoms with van der Waals surface area (Å²) in [5.41, 5.74) is 1.59. The maximum Gasteiger partial charge on any atom is 0.119 e. The van der Waals surface area contributed by atoms with E-state index in [9.17, 15) is 0 Å². The van der Waals surface area contributed by atoms with E-state index in [2.05, 4.69) is 55.0 Å². The first-order chi connectivity index (χ1) is 13.7. The van der Waals surface area contributed by atoms with Gasteiger partial charge in [-0.25, -0.2) is 0 Å². The Morgan fingerprint density at radius 2 is 1.89 bits per heavy atom. The van der Waals surface area contributed by atoms with E-state index < -0.39 is 0 Å². The molecule has 0 unspecified atom stereocenters. The van der Waals surface area contributed by atoms with Crippen molar-refractivity contribution in [3.63, 3.8) is 0 Å². The zero-order valence-corrected chi connectivity index (χ0v) is 18.3. The second-order valence-corrected chi connectivity index (χ2v) is 8.56. The summed E-state index contributed by atoms with van der Waals surface area (Å²) < 4.78 is 11.5. The number of unbranched alkanes of at least 4 members (excludes halogenated alkanes) is 1. The summed E-state index contributed by atoms with van der Waals surface area (Å²) in [6.07, 6.45) is 8.56. The minimum absolute atomic E-state index is 0.142. The molecule has 0 bridgehead atoms. The van der Waals surface area contributed by atoms with E-state index in [0.717, 1.165) is 51.1 Å². The molecule has 1 aliphatic heterocycles. The molecule has 1 aromatic carbocycles. The molecule has 4 nitrogen and oxygen atoms in total. The van der Waals surface area contributed by atoms with Gasteiger partial charge in [0.05, 0.1) is 19.8 Å². The predicted octanol–water partition coefficient (Wildman–Crippen LogP) is 4.68. The fourth-order valence-electron chi connectivity index (χ4n) is 4.98. The summed E-state index contributed by atoms with van der Waals surface area (Å²) in [6, 6.07) is 9.65. The highest BCUT2D eigenvalue weighted by Gasteiger charge is 2.41. The third-order valence-corrected chi connectivity index (χ3v) is 6.77. The average molecular weight is 389 g/mol. The lowest BCUT2D eigenvalue weighted by Crippen LogP contribution is -2.52. The van der Waals surface area contributed by atoms with Crippen LogP contribution < -0.4 is 4.74 Å². The van der Waals surface area contributed by atoms with E-state index in [1.165, 1.54) is 50.6 Å². The van der Waals surface area contributed by atoms with Crippen LogP contribution in [0.3, 0.4) is 0 Å². The summed E-state index contributed by atoms with van der Waals surface area (Å²) in [6.45, 7) is 10.4. The van der Waals surface area contributed by atoms with Gasteiger partial charge < -0.3 is 9.47 Å². The Morgan fingerprint density at radius 3 is 2.57 bits per heavy atom. The molecule has 1 aliphatic carbocycles. The maximum absolute atomic E-state index is 5.97. The third kappa shape index (κ3) is 5.08. The van der Waals surface area contributed by atoms with Gasteiger partial charge in [-0.15, -0.1) is 0 Å². The van der Waals surface area contributed by atoms with Gasteiger partial charge in [0.2, 0.25) is 0 Å². The maximum atomic E-state index is 5.97. The van der Waals surface area contributed by atoms with Crippen LogP contribution in [-0.4, -0.2) is 62.3 Å². The van der Waals surface area contributed by atoms with Gasteiger partial charge in [0, 0.05) is 24.7 Å². The summed E-state index contributed by atoms with van der Waals surface area (Å²) in [5, 5.41) is 0. The Bertz CT molecular complexity index is 578. The number of benzene rings is 1. The molecule has 4 heteroatoms. The number of ether oxygens (including phenoxy) is 2. The number of hydrogen-bond donors (Lipinski definition) is 0. The van der Waals surface area contributed by atoms with Crippen LogP contribution in [0.25, 0.3) is 0 Å². The number of morpholine rings is 1. The highest BCUT2D eigenvalue weighted by Crippen LogP contribution is 2.44. The SMILES string of the molecule is CCCCN(C)C1(c2cccc(OCCC)c2)CCC(N2CCOCC2)CC1. The van der Waals surface area contributed by atoms with Crippen molar-refractivity contribution in [2.75, 3.05) is 46.5 Å². The molecule has 1 saturated heterocycles. The quantitative estimate of drug-likeness (QED) is 0.613. The summed E-state index contributed by atoms with van der Waals surface area (Å²) in [7, 11) is 2.34. The minimum Gasteiger partial charge on any atom is -0.494 e. The fraction of sp³-hybridized carbons (Fsp3) is 0.750. The van der Waals surface area contributed by atoms with E-state index in [1.54, 1.807) is 0 Å². The molecule has 158 valence electrons. The van der Waals surface area contributed by atoms with Gasteiger partial charge in [0.15, 0.2) is 0 Å². The van der Waals surface area contributed by atoms with Crippen molar-refractivity contribution < 1.29 is 9.47 Å². The van der Waals surface area contributed by atoms with Crippen LogP contribution in [0.4, 0.5) is 0 Å². The first kappa shape index (κ1) is 21.6. The zero-order chi connectivity index (χ0) is 19.8. The fourth-order valence-corrected chi connectivity index (χ4v) is 4.98. The summed E-state index contributed by atoms with van der Waals surface area (Å²) in [4.78, 5) is 5.31. The van der Waals surface area contributed by atoms with Gasteiger partial charge in [0.25, 0.3) is 0 Å². The van der Waals surface area contributed by atoms with Crippen LogP contribution in [0.1, 0.15) is 64.4 Å². The van der Waals surface area contributed by atoms with Crippen molar-refractivity contribution in [1.82, 2.24) is 9.80 Å². The monoisotopic (exact) mass is 388 g/mol. The molecule has 0 radical (unpaired) electrons. The number of rotatable bonds is 9. The smallest absolute Gasteiger partial charge is 0.119 e. The molecule has 0 N–H and O–H groups in total. The molecule has 28 heavy (non-hydrogen) atoms. The van der Waals surface area contributed by atoms with E-state index in [0.29, 0.717) is 0 Å². The number of hydrogen-bond acceptors (Lipinski definition) is 4. The largest absolute Gasteiger partial charge is 0.494 e. The Morgan fingerprint density at radius 1 is 1.14 bits per heavy atom. The Labute approximate surface area is 172 Å². The van der Waals surface area contributed by atoms with Crippen LogP contribution in [0.5, 0.6) is 5.75 Å². The Hall–Kier alpha value is -1.10. The molecule has 0 atom stereocenters. The first-order valence-electron chi connectivity index (χ1n) is 11.5. The van der Waals surface area contributed by atoms with Crippen molar-refractivity contribution in [2.24, 2.45) is 0 Å². The van der Waals surface area contributed by atoms with Gasteiger partial charge in [-0.2, -0.15) is 0 Å². The standard InChI is InChI=1S/C24H40N2O2/c1-4-6-14-25(3)24(21-8-7-9-23(20-21)28-17-5-2)12-10-22(11-13-24)26-15-18-27-19-16-26/h7-9,20,22H,4-6,10-19H2,1-3H3. The second-order valence-electron chi connectivity index (χ2n) is 8.56. The zero-order valence-electron chi connectivity index (χ0n) is 18.3. The van der Waals surface area contributed by atoms with E-state index >= 15 is 0 Å². The van der Waals surface area contributed by atoms with Crippen molar-refractivity contribution in [3.8, 4) is 5.75 Å². The topological polar surface area (TPSA) is 24.9 Å². The highest BCUT2D eigenvalue weighted by atomic mass is 16.5. The van der Waals surface area contributed by atoms with E-state index in [1.807, 2.05) is 0 Å². The van der Waals surface area contributed by atoms with Crippen LogP contribution in [-0.2, 0) is 10.3 Å². The van der Waals surface area contributed by atoms with Crippen LogP contribution in [0.15, 0.2) is 24.3 Å². The molecular formula is C24H40N2O2. The van der Waals surface area contributed by atoms with Gasteiger partial charge in [0.1, 0.15) is 5.75 Å². The van der Waals surface area contributed by atoms with Crippen LogP contribution >= 0.6 is 0 Å². The van der Waals surface area contributed by atoms with Crippen molar-refractivity contribution in [1.29, 1.82) is 0 Å². The van der Waals surface area contributed by atoms with Crippen LogP contribution in [0.2, 0.25) is 0 Å². The third-order valence-electron chi connectivity index (χ3n) is 6.77. The van der Waals surface area contributed by atoms with Crippen molar-refractivity contribution in [2.45, 2.75) is 70.4 Å². The molecule has 2 aliphatic rings. The molecule has 3 rings (SSSR count). The van der Waals surface area contributed by atoms with Crippen molar-refractivity contribution >= 4 is 0 Å². The molecule has 0 spiro atoms. The van der Waals surface area contributed by atoms with Gasteiger partial charge in [-0.05, 0) is 69.8 Å². The van der Waals surface area contributed by atoms with Gasteiger partial charge in [-0.1, -0.05) is 32.4 Å². The lowest BCUT2D eigenvalue weighted by atomic mass is 9.73. The van der Waals surface area contributed by atoms with E-state index in [4.69, 9.17) is 9.47 Å². The first-order valence-corrected chi connectivity index (χ1v) is 11.5. The lowest BCUT2D eigenvalue weighted by molar-refractivity contribution is -0.0157. The highest BCUT2D eigenvalue weighted by molar-refractivity contribution is 5.34. The minimum atomic E-state index is 0.142. The molecular weight excluding hydrogens is 348 g/mol. The predicted molar refractivity (Wildman–Crippen MR) is 116 cm³/mol. The van der Waals surface area contributed by atoms with Crippen molar-refractivity contribution in [3.05, 3.63) is 29.8 Å². The Balaban J connectivity index is 1.77. The molecule has 0 aromatic heterocycles. The van der Waals surface area contributed by atoms with Gasteiger partial charge in [-0.3, -0.25) is 9.80 Å². The van der Waals surface area contributed by atoms with E-state index in [-0.39, 0.29) is 5.54 Å². The average Bonchev–Trinajstić information content (AvgIpc) is 2.77. The molecule has 2 fully saturated rings. The molecule has 0 amide bonds. The lowest BCUT2D eigenvalue weighted by Gasteiger charge is -2.49. The van der Waals surface area contributed by atoms with Crippen LogP contribution in [0, 0.1) is 0 Å². The summed E-state index contributed by atoms with van der Waals surface area (Å²) in [5.74, 6) is 1.03. The molecule has 1 saturated carbocycles. The normalized spacial score (nSPS) is 26.5. The molecule has 1 aromatic rings. The van der Waals surface area contributed by atoms with Gasteiger partial charge >= 0.3 is 0 Å². The molecule has 1 heterocycles.